The number of benzene rings is 3. The Morgan fingerprint density at radius 2 is 1.43 bits per heavy atom. The number of rotatable bonds is 2. The second kappa shape index (κ2) is 4.67. The molecular weight excluding hydrogens is 258 g/mol. The van der Waals surface area contributed by atoms with Crippen molar-refractivity contribution in [3.63, 3.8) is 0 Å². The number of phenolic OH excluding ortho intramolecular Hbond substituents is 1. The average molecular weight is 273 g/mol. The molecule has 1 N–H and O–H groups in total. The molecule has 21 heavy (non-hydrogen) atoms. The number of aromatic nitrogens is 1. The lowest BCUT2D eigenvalue weighted by molar-refractivity contribution is 0.482. The first-order chi connectivity index (χ1) is 10.3. The second-order valence-electron chi connectivity index (χ2n) is 5.26. The highest BCUT2D eigenvalue weighted by atomic mass is 16.3. The van der Waals surface area contributed by atoms with E-state index in [0.717, 1.165) is 28.4 Å². The Morgan fingerprint density at radius 1 is 0.714 bits per heavy atom. The Hall–Kier alpha value is -2.74. The third-order valence-corrected chi connectivity index (χ3v) is 3.96. The highest BCUT2D eigenvalue weighted by Gasteiger charge is 2.12. The summed E-state index contributed by atoms with van der Waals surface area (Å²) in [6.07, 6.45) is 0. The fraction of sp³-hybridized carbons (Fsp3) is 0.0526. The van der Waals surface area contributed by atoms with Crippen molar-refractivity contribution in [3.05, 3.63) is 78.4 Å². The van der Waals surface area contributed by atoms with Gasteiger partial charge in [-0.05, 0) is 23.8 Å². The van der Waals surface area contributed by atoms with Crippen LogP contribution in [0.5, 0.6) is 5.75 Å². The topological polar surface area (TPSA) is 25.2 Å². The van der Waals surface area contributed by atoms with E-state index in [4.69, 9.17) is 0 Å². The molecule has 0 radical (unpaired) electrons. The Balaban J connectivity index is 2.04. The first-order valence-corrected chi connectivity index (χ1v) is 7.07. The fourth-order valence-electron chi connectivity index (χ4n) is 3.02. The van der Waals surface area contributed by atoms with Crippen LogP contribution >= 0.6 is 0 Å². The van der Waals surface area contributed by atoms with E-state index in [2.05, 4.69) is 47.0 Å². The summed E-state index contributed by atoms with van der Waals surface area (Å²) in [4.78, 5) is 0. The number of phenols is 1. The van der Waals surface area contributed by atoms with Crippen LogP contribution in [-0.4, -0.2) is 9.67 Å². The number of para-hydroxylation sites is 1. The predicted octanol–water partition coefficient (Wildman–Crippen LogP) is 4.55. The maximum Gasteiger partial charge on any atom is 0.125 e. The number of hydrogen-bond donors (Lipinski definition) is 1. The molecule has 1 aromatic heterocycles. The van der Waals surface area contributed by atoms with Crippen molar-refractivity contribution in [1.82, 2.24) is 4.57 Å². The predicted molar refractivity (Wildman–Crippen MR) is 86.7 cm³/mol. The van der Waals surface area contributed by atoms with Crippen LogP contribution in [0.1, 0.15) is 5.56 Å². The van der Waals surface area contributed by atoms with Gasteiger partial charge in [0.05, 0.1) is 5.52 Å². The molecule has 0 saturated carbocycles. The molecule has 0 bridgehead atoms. The van der Waals surface area contributed by atoms with Gasteiger partial charge in [-0.15, -0.1) is 0 Å². The van der Waals surface area contributed by atoms with E-state index in [0.29, 0.717) is 5.75 Å². The zero-order chi connectivity index (χ0) is 14.2. The van der Waals surface area contributed by atoms with Crippen LogP contribution < -0.4 is 0 Å². The monoisotopic (exact) mass is 273 g/mol. The Bertz CT molecular complexity index is 922. The van der Waals surface area contributed by atoms with Gasteiger partial charge in [-0.25, -0.2) is 0 Å². The molecule has 0 aliphatic heterocycles. The number of fused-ring (bicyclic) bond motifs is 3. The summed E-state index contributed by atoms with van der Waals surface area (Å²) in [5, 5.41) is 12.3. The summed E-state index contributed by atoms with van der Waals surface area (Å²) < 4.78 is 2.26. The molecule has 0 saturated heterocycles. The lowest BCUT2D eigenvalue weighted by Gasteiger charge is -2.07. The van der Waals surface area contributed by atoms with Crippen molar-refractivity contribution in [2.75, 3.05) is 0 Å². The Morgan fingerprint density at radius 3 is 2.29 bits per heavy atom. The standard InChI is InChI=1S/C19H15NO/c21-18-12-6-11-17-19(18)15-9-4-5-10-16(15)20(17)13-14-7-2-1-3-8-14/h1-12,21H,13H2. The lowest BCUT2D eigenvalue weighted by atomic mass is 10.1. The van der Waals surface area contributed by atoms with E-state index in [-0.39, 0.29) is 0 Å². The van der Waals surface area contributed by atoms with E-state index in [1.165, 1.54) is 5.56 Å². The molecule has 2 heteroatoms. The first kappa shape index (κ1) is 12.0. The van der Waals surface area contributed by atoms with Crippen LogP contribution in [0.3, 0.4) is 0 Å². The van der Waals surface area contributed by atoms with Crippen LogP contribution in [0.25, 0.3) is 21.8 Å². The van der Waals surface area contributed by atoms with Crippen LogP contribution in [0.2, 0.25) is 0 Å². The molecule has 0 fully saturated rings. The van der Waals surface area contributed by atoms with Gasteiger partial charge in [0.2, 0.25) is 0 Å². The normalized spacial score (nSPS) is 11.2. The van der Waals surface area contributed by atoms with E-state index < -0.39 is 0 Å². The summed E-state index contributed by atoms with van der Waals surface area (Å²) in [6, 6.07) is 24.4. The quantitative estimate of drug-likeness (QED) is 0.569. The van der Waals surface area contributed by atoms with Crippen LogP contribution in [0.4, 0.5) is 0 Å². The maximum absolute atomic E-state index is 10.2. The summed E-state index contributed by atoms with van der Waals surface area (Å²) >= 11 is 0. The van der Waals surface area contributed by atoms with E-state index in [9.17, 15) is 5.11 Å². The van der Waals surface area contributed by atoms with Crippen molar-refractivity contribution < 1.29 is 5.11 Å². The smallest absolute Gasteiger partial charge is 0.125 e. The van der Waals surface area contributed by atoms with Gasteiger partial charge in [0.25, 0.3) is 0 Å². The molecule has 102 valence electrons. The van der Waals surface area contributed by atoms with Gasteiger partial charge in [-0.1, -0.05) is 54.6 Å². The summed E-state index contributed by atoms with van der Waals surface area (Å²) in [7, 11) is 0. The molecular formula is C19H15NO. The number of aromatic hydroxyl groups is 1. The summed E-state index contributed by atoms with van der Waals surface area (Å²) in [5.41, 5.74) is 3.47. The van der Waals surface area contributed by atoms with Crippen molar-refractivity contribution in [1.29, 1.82) is 0 Å². The summed E-state index contributed by atoms with van der Waals surface area (Å²) in [6.45, 7) is 0.800. The molecule has 0 atom stereocenters. The fourth-order valence-corrected chi connectivity index (χ4v) is 3.02. The minimum Gasteiger partial charge on any atom is -0.507 e. The molecule has 1 heterocycles. The van der Waals surface area contributed by atoms with E-state index in [1.54, 1.807) is 6.07 Å². The molecule has 3 aromatic carbocycles. The highest BCUT2D eigenvalue weighted by molar-refractivity contribution is 6.11. The van der Waals surface area contributed by atoms with Crippen LogP contribution in [-0.2, 0) is 6.54 Å². The first-order valence-electron chi connectivity index (χ1n) is 7.07. The van der Waals surface area contributed by atoms with Crippen molar-refractivity contribution in [2.45, 2.75) is 6.54 Å². The molecule has 0 spiro atoms. The van der Waals surface area contributed by atoms with E-state index in [1.807, 2.05) is 24.3 Å². The Labute approximate surface area is 122 Å². The van der Waals surface area contributed by atoms with Gasteiger partial charge >= 0.3 is 0 Å². The minimum absolute atomic E-state index is 0.343. The van der Waals surface area contributed by atoms with Gasteiger partial charge in [0.1, 0.15) is 5.75 Å². The minimum atomic E-state index is 0.343. The molecule has 0 amide bonds. The summed E-state index contributed by atoms with van der Waals surface area (Å²) in [5.74, 6) is 0.343. The van der Waals surface area contributed by atoms with Gasteiger partial charge < -0.3 is 9.67 Å². The third-order valence-electron chi connectivity index (χ3n) is 3.96. The number of nitrogens with zero attached hydrogens (tertiary/aromatic N) is 1. The molecule has 0 unspecified atom stereocenters. The van der Waals surface area contributed by atoms with Crippen molar-refractivity contribution in [2.24, 2.45) is 0 Å². The largest absolute Gasteiger partial charge is 0.507 e. The Kier molecular flexibility index (Phi) is 2.68. The van der Waals surface area contributed by atoms with Crippen LogP contribution in [0.15, 0.2) is 72.8 Å². The van der Waals surface area contributed by atoms with Gasteiger partial charge in [-0.3, -0.25) is 0 Å². The SMILES string of the molecule is Oc1cccc2c1c1ccccc1n2Cc1ccccc1. The molecule has 4 aromatic rings. The second-order valence-corrected chi connectivity index (χ2v) is 5.26. The average Bonchev–Trinajstić information content (AvgIpc) is 2.84. The van der Waals surface area contributed by atoms with Gasteiger partial charge in [0.15, 0.2) is 0 Å². The van der Waals surface area contributed by atoms with Gasteiger partial charge in [-0.2, -0.15) is 0 Å². The molecule has 0 aliphatic rings. The molecule has 0 aliphatic carbocycles. The maximum atomic E-state index is 10.2. The molecule has 4 rings (SSSR count). The van der Waals surface area contributed by atoms with Crippen LogP contribution in [0, 0.1) is 0 Å². The van der Waals surface area contributed by atoms with Crippen molar-refractivity contribution in [3.8, 4) is 5.75 Å². The zero-order valence-electron chi connectivity index (χ0n) is 11.5. The number of hydrogen-bond acceptors (Lipinski definition) is 1. The third kappa shape index (κ3) is 1.88. The zero-order valence-corrected chi connectivity index (χ0v) is 11.5. The van der Waals surface area contributed by atoms with Crippen molar-refractivity contribution >= 4 is 21.8 Å². The van der Waals surface area contributed by atoms with Gasteiger partial charge in [0, 0.05) is 22.8 Å². The highest BCUT2D eigenvalue weighted by Crippen LogP contribution is 2.35. The van der Waals surface area contributed by atoms with E-state index >= 15 is 0 Å². The molecule has 2 nitrogen and oxygen atoms in total. The lowest BCUT2D eigenvalue weighted by Crippen LogP contribution is -1.98.